The molecule has 6 heteroatoms. The van der Waals surface area contributed by atoms with Crippen LogP contribution >= 0.6 is 0 Å². The van der Waals surface area contributed by atoms with Gasteiger partial charge < -0.3 is 14.4 Å². The van der Waals surface area contributed by atoms with Crippen LogP contribution in [0.25, 0.3) is 11.1 Å². The fraction of sp³-hybridized carbons (Fsp3) is 0.364. The van der Waals surface area contributed by atoms with Crippen molar-refractivity contribution in [2.75, 3.05) is 26.4 Å². The van der Waals surface area contributed by atoms with Crippen molar-refractivity contribution in [3.05, 3.63) is 59.7 Å². The van der Waals surface area contributed by atoms with E-state index in [1.165, 1.54) is 22.3 Å². The summed E-state index contributed by atoms with van der Waals surface area (Å²) in [6.45, 7) is 1.30. The van der Waals surface area contributed by atoms with E-state index in [0.29, 0.717) is 19.7 Å². The van der Waals surface area contributed by atoms with Crippen molar-refractivity contribution in [2.24, 2.45) is 11.7 Å². The van der Waals surface area contributed by atoms with Crippen molar-refractivity contribution in [2.45, 2.75) is 18.8 Å². The quantitative estimate of drug-likeness (QED) is 0.637. The van der Waals surface area contributed by atoms with Crippen LogP contribution in [0.5, 0.6) is 0 Å². The fourth-order valence-electron chi connectivity index (χ4n) is 4.24. The number of carbonyl (C=O) groups is 2. The van der Waals surface area contributed by atoms with E-state index < -0.39 is 0 Å². The molecule has 1 atom stereocenters. The molecule has 0 aromatic heterocycles. The zero-order chi connectivity index (χ0) is 19.5. The second-order valence-corrected chi connectivity index (χ2v) is 7.29. The maximum atomic E-state index is 12.6. The summed E-state index contributed by atoms with van der Waals surface area (Å²) in [6, 6.07) is 16.5. The van der Waals surface area contributed by atoms with Gasteiger partial charge in [-0.2, -0.15) is 0 Å². The lowest BCUT2D eigenvalue weighted by Gasteiger charge is -2.19. The minimum atomic E-state index is -0.323. The molecule has 0 saturated carbocycles. The molecular weight excluding hydrogens is 356 g/mol. The van der Waals surface area contributed by atoms with Crippen LogP contribution in [0.4, 0.5) is 4.79 Å². The predicted molar refractivity (Wildman–Crippen MR) is 105 cm³/mol. The van der Waals surface area contributed by atoms with E-state index in [-0.39, 0.29) is 37.0 Å². The van der Waals surface area contributed by atoms with Crippen LogP contribution in [0.1, 0.15) is 29.9 Å². The third-order valence-electron chi connectivity index (χ3n) is 5.58. The zero-order valence-electron chi connectivity index (χ0n) is 15.7. The molecule has 1 saturated heterocycles. The second-order valence-electron chi connectivity index (χ2n) is 7.29. The van der Waals surface area contributed by atoms with Gasteiger partial charge in [0.05, 0.1) is 6.42 Å². The maximum Gasteiger partial charge on any atom is 0.409 e. The van der Waals surface area contributed by atoms with Gasteiger partial charge in [-0.05, 0) is 34.6 Å². The van der Waals surface area contributed by atoms with Gasteiger partial charge >= 0.3 is 12.1 Å². The molecule has 2 aliphatic rings. The number of benzene rings is 2. The lowest BCUT2D eigenvalue weighted by Crippen LogP contribution is -2.31. The lowest BCUT2D eigenvalue weighted by atomic mass is 9.98. The first-order valence-electron chi connectivity index (χ1n) is 9.63. The van der Waals surface area contributed by atoms with E-state index >= 15 is 0 Å². The number of amides is 1. The van der Waals surface area contributed by atoms with E-state index in [4.69, 9.17) is 15.2 Å². The Bertz CT molecular complexity index is 837. The monoisotopic (exact) mass is 380 g/mol. The number of ether oxygens (including phenoxy) is 2. The summed E-state index contributed by atoms with van der Waals surface area (Å²) in [4.78, 5) is 25.8. The minimum Gasteiger partial charge on any atom is -0.450 e. The predicted octanol–water partition coefficient (Wildman–Crippen LogP) is 3.11. The zero-order valence-corrected chi connectivity index (χ0v) is 15.7. The highest BCUT2D eigenvalue weighted by Gasteiger charge is 2.32. The molecule has 1 fully saturated rings. The van der Waals surface area contributed by atoms with E-state index in [1.807, 2.05) is 24.3 Å². The summed E-state index contributed by atoms with van der Waals surface area (Å²) >= 11 is 0. The molecule has 2 aromatic rings. The van der Waals surface area contributed by atoms with Crippen molar-refractivity contribution in [1.29, 1.82) is 0 Å². The van der Waals surface area contributed by atoms with Crippen molar-refractivity contribution in [3.8, 4) is 11.1 Å². The molecule has 0 radical (unpaired) electrons. The number of nitrogens with two attached hydrogens (primary N) is 1. The summed E-state index contributed by atoms with van der Waals surface area (Å²) in [7, 11) is 0. The Hall–Kier alpha value is -2.86. The highest BCUT2D eigenvalue weighted by Crippen LogP contribution is 2.44. The molecule has 0 spiro atoms. The van der Waals surface area contributed by atoms with Crippen LogP contribution in [0.15, 0.2) is 48.5 Å². The third kappa shape index (κ3) is 3.60. The molecular formula is C22H24N2O4. The van der Waals surface area contributed by atoms with Crippen molar-refractivity contribution >= 4 is 12.1 Å². The van der Waals surface area contributed by atoms with E-state index in [2.05, 4.69) is 24.3 Å². The molecule has 0 bridgehead atoms. The number of hydrogen-bond acceptors (Lipinski definition) is 5. The Morgan fingerprint density at radius 2 is 1.64 bits per heavy atom. The molecule has 2 aromatic carbocycles. The highest BCUT2D eigenvalue weighted by molar-refractivity contribution is 5.79. The molecule has 6 nitrogen and oxygen atoms in total. The van der Waals surface area contributed by atoms with Crippen LogP contribution in [-0.2, 0) is 14.3 Å². The number of likely N-dealkylation sites (tertiary alicyclic amines) is 1. The van der Waals surface area contributed by atoms with Crippen LogP contribution in [0, 0.1) is 5.92 Å². The Labute approximate surface area is 164 Å². The van der Waals surface area contributed by atoms with E-state index in [1.54, 1.807) is 4.90 Å². The highest BCUT2D eigenvalue weighted by atomic mass is 16.6. The number of fused-ring (bicyclic) bond motifs is 3. The van der Waals surface area contributed by atoms with Gasteiger partial charge in [0, 0.05) is 19.0 Å². The normalized spacial score (nSPS) is 17.9. The SMILES string of the molecule is NCOC(=O)CC1CCN(C(=O)OCC2c3ccccc3-c3ccccc32)C1. The standard InChI is InChI=1S/C22H24N2O4/c23-14-28-21(25)11-15-9-10-24(12-15)22(26)27-13-20-18-7-3-1-5-16(18)17-6-2-4-8-19(17)20/h1-8,15,20H,9-14,23H2. The molecule has 1 heterocycles. The van der Waals surface area contributed by atoms with Crippen LogP contribution in [0.3, 0.4) is 0 Å². The van der Waals surface area contributed by atoms with E-state index in [0.717, 1.165) is 6.42 Å². The number of nitrogens with zero attached hydrogens (tertiary/aromatic N) is 1. The van der Waals surface area contributed by atoms with Crippen LogP contribution in [0.2, 0.25) is 0 Å². The van der Waals surface area contributed by atoms with Gasteiger partial charge in [-0.15, -0.1) is 0 Å². The Kier molecular flexibility index (Phi) is 5.30. The Morgan fingerprint density at radius 3 is 2.29 bits per heavy atom. The maximum absolute atomic E-state index is 12.6. The van der Waals surface area contributed by atoms with Gasteiger partial charge in [-0.3, -0.25) is 10.5 Å². The summed E-state index contributed by atoms with van der Waals surface area (Å²) in [5, 5.41) is 0. The minimum absolute atomic E-state index is 0.0503. The van der Waals surface area contributed by atoms with Crippen molar-refractivity contribution < 1.29 is 19.1 Å². The largest absolute Gasteiger partial charge is 0.450 e. The third-order valence-corrected chi connectivity index (χ3v) is 5.58. The average Bonchev–Trinajstić information content (AvgIpc) is 3.29. The number of rotatable bonds is 5. The molecule has 1 unspecified atom stereocenters. The number of carbonyl (C=O) groups excluding carboxylic acids is 2. The summed E-state index contributed by atoms with van der Waals surface area (Å²) in [6.07, 6.45) is 0.727. The molecule has 1 aliphatic heterocycles. The summed E-state index contributed by atoms with van der Waals surface area (Å²) < 4.78 is 10.5. The molecule has 1 amide bonds. The van der Waals surface area contributed by atoms with Gasteiger partial charge in [0.25, 0.3) is 0 Å². The van der Waals surface area contributed by atoms with Gasteiger partial charge in [-0.1, -0.05) is 48.5 Å². The molecule has 4 rings (SSSR count). The Morgan fingerprint density at radius 1 is 1.00 bits per heavy atom. The molecule has 28 heavy (non-hydrogen) atoms. The first kappa shape index (κ1) is 18.5. The smallest absolute Gasteiger partial charge is 0.409 e. The first-order chi connectivity index (χ1) is 13.7. The van der Waals surface area contributed by atoms with Crippen LogP contribution < -0.4 is 5.73 Å². The summed E-state index contributed by atoms with van der Waals surface area (Å²) in [5.41, 5.74) is 10.0. The van der Waals surface area contributed by atoms with Gasteiger partial charge in [0.15, 0.2) is 0 Å². The topological polar surface area (TPSA) is 81.9 Å². The van der Waals surface area contributed by atoms with Crippen molar-refractivity contribution in [1.82, 2.24) is 4.90 Å². The van der Waals surface area contributed by atoms with E-state index in [9.17, 15) is 9.59 Å². The van der Waals surface area contributed by atoms with Gasteiger partial charge in [-0.25, -0.2) is 4.79 Å². The van der Waals surface area contributed by atoms with Gasteiger partial charge in [0.1, 0.15) is 13.3 Å². The molecule has 146 valence electrons. The average molecular weight is 380 g/mol. The Balaban J connectivity index is 1.37. The second kappa shape index (κ2) is 8.02. The fourth-order valence-corrected chi connectivity index (χ4v) is 4.24. The number of hydrogen-bond donors (Lipinski definition) is 1. The first-order valence-corrected chi connectivity index (χ1v) is 9.63. The van der Waals surface area contributed by atoms with Crippen LogP contribution in [-0.4, -0.2) is 43.4 Å². The van der Waals surface area contributed by atoms with Crippen molar-refractivity contribution in [3.63, 3.8) is 0 Å². The summed E-state index contributed by atoms with van der Waals surface area (Å²) in [5.74, 6) is -0.171. The molecule has 2 N–H and O–H groups in total. The lowest BCUT2D eigenvalue weighted by molar-refractivity contribution is -0.144. The number of esters is 1. The van der Waals surface area contributed by atoms with Gasteiger partial charge in [0.2, 0.25) is 0 Å². The molecule has 1 aliphatic carbocycles.